The lowest BCUT2D eigenvalue weighted by atomic mass is 10.2. The van der Waals surface area contributed by atoms with E-state index in [0.29, 0.717) is 18.0 Å². The number of ether oxygens (including phenoxy) is 1. The van der Waals surface area contributed by atoms with Gasteiger partial charge in [-0.3, -0.25) is 4.79 Å². The van der Waals surface area contributed by atoms with E-state index in [2.05, 4.69) is 29.0 Å². The molecule has 1 amide bonds. The molecule has 1 aliphatic heterocycles. The summed E-state index contributed by atoms with van der Waals surface area (Å²) in [4.78, 5) is 18.8. The Hall–Kier alpha value is -1.27. The van der Waals surface area contributed by atoms with Crippen LogP contribution in [0.1, 0.15) is 37.0 Å². The van der Waals surface area contributed by atoms with Crippen molar-refractivity contribution in [3.8, 4) is 5.88 Å². The predicted octanol–water partition coefficient (Wildman–Crippen LogP) is 2.43. The number of carbonyl (C=O) groups is 1. The maximum absolute atomic E-state index is 12.2. The van der Waals surface area contributed by atoms with E-state index in [4.69, 9.17) is 4.74 Å². The van der Waals surface area contributed by atoms with Gasteiger partial charge in [0.15, 0.2) is 0 Å². The number of thioether (sulfide) groups is 1. The summed E-state index contributed by atoms with van der Waals surface area (Å²) in [6.45, 7) is 8.11. The van der Waals surface area contributed by atoms with Crippen molar-refractivity contribution in [2.45, 2.75) is 32.8 Å². The first-order chi connectivity index (χ1) is 11.2. The highest BCUT2D eigenvalue weighted by molar-refractivity contribution is 7.99. The Balaban J connectivity index is 1.77. The zero-order valence-corrected chi connectivity index (χ0v) is 14.9. The molecule has 1 fully saturated rings. The minimum atomic E-state index is -0.0578. The van der Waals surface area contributed by atoms with Gasteiger partial charge in [-0.2, -0.15) is 11.8 Å². The van der Waals surface area contributed by atoms with Gasteiger partial charge in [-0.1, -0.05) is 13.8 Å². The first-order valence-corrected chi connectivity index (χ1v) is 9.59. The van der Waals surface area contributed by atoms with Gasteiger partial charge in [-0.05, 0) is 44.3 Å². The summed E-state index contributed by atoms with van der Waals surface area (Å²) in [7, 11) is 0. The minimum absolute atomic E-state index is 0.0578. The smallest absolute Gasteiger partial charge is 0.251 e. The molecular formula is C17H27N3O2S. The van der Waals surface area contributed by atoms with E-state index in [-0.39, 0.29) is 12.0 Å². The maximum atomic E-state index is 12.2. The van der Waals surface area contributed by atoms with Crippen LogP contribution in [0.3, 0.4) is 0 Å². The summed E-state index contributed by atoms with van der Waals surface area (Å²) >= 11 is 1.90. The zero-order valence-electron chi connectivity index (χ0n) is 14.1. The highest BCUT2D eigenvalue weighted by Crippen LogP contribution is 2.22. The van der Waals surface area contributed by atoms with E-state index in [0.717, 1.165) is 44.0 Å². The van der Waals surface area contributed by atoms with Gasteiger partial charge in [-0.25, -0.2) is 4.98 Å². The lowest BCUT2D eigenvalue weighted by Crippen LogP contribution is -2.30. The Morgan fingerprint density at radius 1 is 1.48 bits per heavy atom. The molecule has 1 aliphatic rings. The molecule has 0 saturated carbocycles. The molecule has 0 aliphatic carbocycles. The first kappa shape index (κ1) is 18.1. The lowest BCUT2D eigenvalue weighted by molar-refractivity contribution is 0.0950. The van der Waals surface area contributed by atoms with Crippen LogP contribution >= 0.6 is 11.8 Å². The lowest BCUT2D eigenvalue weighted by Gasteiger charge is -2.17. The summed E-state index contributed by atoms with van der Waals surface area (Å²) in [5.41, 5.74) is 0.614. The van der Waals surface area contributed by atoms with Crippen LogP contribution in [0.25, 0.3) is 0 Å². The van der Waals surface area contributed by atoms with E-state index in [9.17, 15) is 4.79 Å². The number of pyridine rings is 1. The van der Waals surface area contributed by atoms with E-state index in [1.807, 2.05) is 11.8 Å². The van der Waals surface area contributed by atoms with E-state index >= 15 is 0 Å². The number of nitrogens with one attached hydrogen (secondary N) is 1. The van der Waals surface area contributed by atoms with Crippen LogP contribution in [-0.2, 0) is 0 Å². The van der Waals surface area contributed by atoms with Gasteiger partial charge in [0.2, 0.25) is 5.88 Å². The van der Waals surface area contributed by atoms with Gasteiger partial charge in [0.05, 0.1) is 0 Å². The van der Waals surface area contributed by atoms with E-state index in [1.54, 1.807) is 18.3 Å². The second-order valence-electron chi connectivity index (χ2n) is 5.62. The fraction of sp³-hybridized carbons (Fsp3) is 0.647. The van der Waals surface area contributed by atoms with Crippen LogP contribution in [-0.4, -0.2) is 59.6 Å². The molecule has 1 saturated heterocycles. The SMILES string of the molecule is CCN(CC)CCCNC(=O)c1ccnc(OC2CCSC2)c1. The molecule has 128 valence electrons. The van der Waals surface area contributed by atoms with Crippen molar-refractivity contribution < 1.29 is 9.53 Å². The molecule has 2 rings (SSSR count). The number of carbonyl (C=O) groups excluding carboxylic acids is 1. The highest BCUT2D eigenvalue weighted by Gasteiger charge is 2.18. The maximum Gasteiger partial charge on any atom is 0.251 e. The molecule has 0 spiro atoms. The molecule has 1 unspecified atom stereocenters. The molecule has 2 heterocycles. The standard InChI is InChI=1S/C17H27N3O2S/c1-3-20(4-2)10-5-8-19-17(21)14-6-9-18-16(12-14)22-15-7-11-23-13-15/h6,9,12,15H,3-5,7-8,10-11,13H2,1-2H3,(H,19,21). The van der Waals surface area contributed by atoms with Crippen molar-refractivity contribution in [1.29, 1.82) is 0 Å². The number of amides is 1. The predicted molar refractivity (Wildman–Crippen MR) is 95.3 cm³/mol. The molecule has 1 aromatic heterocycles. The molecule has 0 radical (unpaired) electrons. The van der Waals surface area contributed by atoms with Crippen molar-refractivity contribution in [3.63, 3.8) is 0 Å². The van der Waals surface area contributed by atoms with E-state index < -0.39 is 0 Å². The number of hydrogen-bond acceptors (Lipinski definition) is 5. The summed E-state index contributed by atoms with van der Waals surface area (Å²) in [5.74, 6) is 2.63. The van der Waals surface area contributed by atoms with Gasteiger partial charge in [0.1, 0.15) is 6.10 Å². The van der Waals surface area contributed by atoms with Crippen molar-refractivity contribution in [2.75, 3.05) is 37.7 Å². The van der Waals surface area contributed by atoms with Crippen LogP contribution < -0.4 is 10.1 Å². The second-order valence-corrected chi connectivity index (χ2v) is 6.77. The average molecular weight is 337 g/mol. The molecule has 5 nitrogen and oxygen atoms in total. The van der Waals surface area contributed by atoms with Crippen LogP contribution in [0, 0.1) is 0 Å². The van der Waals surface area contributed by atoms with Gasteiger partial charge in [0.25, 0.3) is 5.91 Å². The molecule has 23 heavy (non-hydrogen) atoms. The third-order valence-electron chi connectivity index (χ3n) is 4.00. The van der Waals surface area contributed by atoms with Crippen LogP contribution in [0.4, 0.5) is 0 Å². The van der Waals surface area contributed by atoms with Crippen molar-refractivity contribution >= 4 is 17.7 Å². The highest BCUT2D eigenvalue weighted by atomic mass is 32.2. The van der Waals surface area contributed by atoms with Gasteiger partial charge in [0, 0.05) is 30.1 Å². The Morgan fingerprint density at radius 3 is 3.00 bits per heavy atom. The molecular weight excluding hydrogens is 310 g/mol. The molecule has 6 heteroatoms. The number of rotatable bonds is 9. The summed E-state index contributed by atoms with van der Waals surface area (Å²) in [6.07, 6.45) is 3.87. The average Bonchev–Trinajstić information content (AvgIpc) is 3.08. The van der Waals surface area contributed by atoms with Crippen LogP contribution in [0.15, 0.2) is 18.3 Å². The van der Waals surface area contributed by atoms with Crippen LogP contribution in [0.2, 0.25) is 0 Å². The minimum Gasteiger partial charge on any atom is -0.473 e. The number of hydrogen-bond donors (Lipinski definition) is 1. The second kappa shape index (κ2) is 9.78. The van der Waals surface area contributed by atoms with Gasteiger partial charge in [-0.15, -0.1) is 0 Å². The fourth-order valence-electron chi connectivity index (χ4n) is 2.54. The third-order valence-corrected chi connectivity index (χ3v) is 5.14. The largest absolute Gasteiger partial charge is 0.473 e. The summed E-state index contributed by atoms with van der Waals surface area (Å²) < 4.78 is 5.83. The summed E-state index contributed by atoms with van der Waals surface area (Å²) in [6, 6.07) is 3.47. The topological polar surface area (TPSA) is 54.5 Å². The Morgan fingerprint density at radius 2 is 2.30 bits per heavy atom. The van der Waals surface area contributed by atoms with Gasteiger partial charge >= 0.3 is 0 Å². The Kier molecular flexibility index (Phi) is 7.68. The monoisotopic (exact) mass is 337 g/mol. The first-order valence-electron chi connectivity index (χ1n) is 8.44. The molecule has 1 aromatic rings. The third kappa shape index (κ3) is 6.03. The van der Waals surface area contributed by atoms with Gasteiger partial charge < -0.3 is 15.0 Å². The number of aromatic nitrogens is 1. The number of nitrogens with zero attached hydrogens (tertiary/aromatic N) is 2. The zero-order chi connectivity index (χ0) is 16.5. The van der Waals surface area contributed by atoms with Crippen molar-refractivity contribution in [1.82, 2.24) is 15.2 Å². The molecule has 0 aromatic carbocycles. The molecule has 1 N–H and O–H groups in total. The summed E-state index contributed by atoms with van der Waals surface area (Å²) in [5, 5.41) is 2.97. The molecule has 0 bridgehead atoms. The van der Waals surface area contributed by atoms with Crippen molar-refractivity contribution in [3.05, 3.63) is 23.9 Å². The van der Waals surface area contributed by atoms with Crippen LogP contribution in [0.5, 0.6) is 5.88 Å². The fourth-order valence-corrected chi connectivity index (χ4v) is 3.63. The Labute approximate surface area is 143 Å². The Bertz CT molecular complexity index is 488. The van der Waals surface area contributed by atoms with E-state index in [1.165, 1.54) is 0 Å². The normalized spacial score (nSPS) is 17.4. The molecule has 1 atom stereocenters. The quantitative estimate of drug-likeness (QED) is 0.702. The van der Waals surface area contributed by atoms with Crippen molar-refractivity contribution in [2.24, 2.45) is 0 Å².